The molecule has 0 unspecified atom stereocenters. The fraction of sp³-hybridized carbons (Fsp3) is 0.235. The molecule has 0 aliphatic heterocycles. The summed E-state index contributed by atoms with van der Waals surface area (Å²) in [7, 11) is 0. The number of aromatic amines is 2. The van der Waals surface area contributed by atoms with Crippen molar-refractivity contribution in [2.75, 3.05) is 10.6 Å². The van der Waals surface area contributed by atoms with Gasteiger partial charge in [0.15, 0.2) is 5.82 Å². The highest BCUT2D eigenvalue weighted by Crippen LogP contribution is 2.26. The quantitative estimate of drug-likeness (QED) is 0.435. The molecule has 0 bridgehead atoms. The first kappa shape index (κ1) is 17.8. The Morgan fingerprint density at radius 2 is 2.19 bits per heavy atom. The molecular weight excluding hydrogens is 354 g/mol. The van der Waals surface area contributed by atoms with Gasteiger partial charge in [-0.1, -0.05) is 24.6 Å². The summed E-state index contributed by atoms with van der Waals surface area (Å²) in [5, 5.41) is 13.7. The van der Waals surface area contributed by atoms with Crippen LogP contribution in [0.2, 0.25) is 5.02 Å². The number of amides is 1. The molecule has 1 amide bonds. The van der Waals surface area contributed by atoms with Crippen molar-refractivity contribution in [2.45, 2.75) is 26.8 Å². The molecule has 3 rings (SSSR count). The fourth-order valence-electron chi connectivity index (χ4n) is 2.58. The molecule has 26 heavy (non-hydrogen) atoms. The number of rotatable bonds is 7. The molecule has 9 heteroatoms. The van der Waals surface area contributed by atoms with Crippen LogP contribution in [0.25, 0.3) is 0 Å². The highest BCUT2D eigenvalue weighted by atomic mass is 35.5. The average molecular weight is 374 g/mol. The van der Waals surface area contributed by atoms with E-state index < -0.39 is 5.91 Å². The third-order valence-electron chi connectivity index (χ3n) is 3.91. The van der Waals surface area contributed by atoms with E-state index in [1.807, 2.05) is 19.9 Å². The Bertz CT molecular complexity index is 931. The van der Waals surface area contributed by atoms with Crippen LogP contribution in [0.15, 0.2) is 24.3 Å². The molecule has 6 N–H and O–H groups in total. The van der Waals surface area contributed by atoms with Crippen molar-refractivity contribution in [2.24, 2.45) is 5.73 Å². The minimum Gasteiger partial charge on any atom is -0.365 e. The Labute approximate surface area is 155 Å². The molecule has 0 aliphatic rings. The Morgan fingerprint density at radius 3 is 2.85 bits per heavy atom. The van der Waals surface area contributed by atoms with Crippen molar-refractivity contribution < 1.29 is 4.79 Å². The van der Waals surface area contributed by atoms with Gasteiger partial charge in [0.25, 0.3) is 5.91 Å². The Hall–Kier alpha value is -3.00. The van der Waals surface area contributed by atoms with Crippen molar-refractivity contribution in [1.29, 1.82) is 0 Å². The molecule has 2 heterocycles. The van der Waals surface area contributed by atoms with Gasteiger partial charge in [0.1, 0.15) is 17.2 Å². The summed E-state index contributed by atoms with van der Waals surface area (Å²) in [5.41, 5.74) is 8.34. The molecule has 3 aromatic rings. The molecule has 0 saturated heterocycles. The molecule has 0 radical (unpaired) electrons. The van der Waals surface area contributed by atoms with Crippen LogP contribution < -0.4 is 16.4 Å². The number of anilines is 3. The molecule has 2 aromatic heterocycles. The number of halogens is 1. The topological polar surface area (TPSA) is 125 Å². The minimum absolute atomic E-state index is 0.248. The number of nitrogens with zero attached hydrogens (tertiary/aromatic N) is 2. The van der Waals surface area contributed by atoms with Crippen molar-refractivity contribution >= 4 is 34.8 Å². The maximum atomic E-state index is 11.9. The van der Waals surface area contributed by atoms with Crippen molar-refractivity contribution in [1.82, 2.24) is 20.2 Å². The summed E-state index contributed by atoms with van der Waals surface area (Å²) >= 11 is 5.98. The van der Waals surface area contributed by atoms with E-state index in [0.29, 0.717) is 28.9 Å². The van der Waals surface area contributed by atoms with Crippen LogP contribution >= 0.6 is 11.6 Å². The van der Waals surface area contributed by atoms with Crippen molar-refractivity contribution in [3.8, 4) is 0 Å². The number of imidazole rings is 1. The lowest BCUT2D eigenvalue weighted by molar-refractivity contribution is 0.100. The lowest BCUT2D eigenvalue weighted by atomic mass is 10.2. The molecule has 0 spiro atoms. The normalized spacial score (nSPS) is 10.7. The molecule has 136 valence electrons. The van der Waals surface area contributed by atoms with Crippen LogP contribution in [0, 0.1) is 6.92 Å². The SMILES string of the molecule is CCc1nc(C)c(CNc2[nH]nc(Nc3cccc(Cl)c3)c2C(N)=O)[nH]1. The minimum atomic E-state index is -0.596. The van der Waals surface area contributed by atoms with Gasteiger partial charge in [-0.3, -0.25) is 9.89 Å². The zero-order chi connectivity index (χ0) is 18.7. The number of aryl methyl sites for hydroxylation is 2. The van der Waals surface area contributed by atoms with E-state index in [9.17, 15) is 4.79 Å². The second-order valence-corrected chi connectivity index (χ2v) is 6.21. The molecule has 0 atom stereocenters. The van der Waals surface area contributed by atoms with Crippen LogP contribution in [0.4, 0.5) is 17.3 Å². The fourth-order valence-corrected chi connectivity index (χ4v) is 2.77. The number of carbonyl (C=O) groups excluding carboxylic acids is 1. The maximum absolute atomic E-state index is 11.9. The summed E-state index contributed by atoms with van der Waals surface area (Å²) < 4.78 is 0. The molecule has 0 fully saturated rings. The predicted molar refractivity (Wildman–Crippen MR) is 102 cm³/mol. The highest BCUT2D eigenvalue weighted by molar-refractivity contribution is 6.30. The summed E-state index contributed by atoms with van der Waals surface area (Å²) in [4.78, 5) is 19.6. The summed E-state index contributed by atoms with van der Waals surface area (Å²) in [6.07, 6.45) is 0.825. The number of carbonyl (C=O) groups is 1. The Kier molecular flexibility index (Phi) is 5.13. The van der Waals surface area contributed by atoms with E-state index >= 15 is 0 Å². The number of nitrogens with two attached hydrogens (primary N) is 1. The first-order valence-electron chi connectivity index (χ1n) is 8.17. The molecule has 1 aromatic carbocycles. The van der Waals surface area contributed by atoms with Crippen molar-refractivity contribution in [3.05, 3.63) is 52.1 Å². The number of hydrogen-bond acceptors (Lipinski definition) is 5. The Morgan fingerprint density at radius 1 is 1.38 bits per heavy atom. The van der Waals surface area contributed by atoms with Gasteiger partial charge in [-0.25, -0.2) is 4.98 Å². The monoisotopic (exact) mass is 373 g/mol. The lowest BCUT2D eigenvalue weighted by Gasteiger charge is -2.07. The first-order chi connectivity index (χ1) is 12.5. The van der Waals surface area contributed by atoms with E-state index in [-0.39, 0.29) is 5.56 Å². The van der Waals surface area contributed by atoms with Crippen LogP contribution in [0.1, 0.15) is 34.5 Å². The van der Waals surface area contributed by atoms with Gasteiger partial charge in [0.2, 0.25) is 0 Å². The third kappa shape index (κ3) is 3.80. The largest absolute Gasteiger partial charge is 0.365 e. The zero-order valence-electron chi connectivity index (χ0n) is 14.5. The maximum Gasteiger partial charge on any atom is 0.256 e. The van der Waals surface area contributed by atoms with Crippen molar-refractivity contribution in [3.63, 3.8) is 0 Å². The van der Waals surface area contributed by atoms with Crippen LogP contribution in [0.3, 0.4) is 0 Å². The van der Waals surface area contributed by atoms with Gasteiger partial charge in [0, 0.05) is 17.1 Å². The standard InChI is InChI=1S/C17H20ClN7O/c1-3-13-21-9(2)12(23-13)8-20-16-14(15(19)26)17(25-24-16)22-11-6-4-5-10(18)7-11/h4-7H,3,8H2,1-2H3,(H2,19,26)(H,21,23)(H3,20,22,24,25). The molecular formula is C17H20ClN7O. The molecule has 0 saturated carbocycles. The number of aromatic nitrogens is 4. The summed E-state index contributed by atoms with van der Waals surface area (Å²) in [6.45, 7) is 4.42. The van der Waals surface area contributed by atoms with Gasteiger partial charge in [-0.2, -0.15) is 5.10 Å². The lowest BCUT2D eigenvalue weighted by Crippen LogP contribution is -2.15. The molecule has 8 nitrogen and oxygen atoms in total. The first-order valence-corrected chi connectivity index (χ1v) is 8.54. The van der Waals surface area contributed by atoms with Crippen LogP contribution in [0.5, 0.6) is 0 Å². The smallest absolute Gasteiger partial charge is 0.256 e. The van der Waals surface area contributed by atoms with E-state index in [1.165, 1.54) is 0 Å². The van der Waals surface area contributed by atoms with E-state index in [0.717, 1.165) is 23.6 Å². The second-order valence-electron chi connectivity index (χ2n) is 5.78. The van der Waals surface area contributed by atoms with E-state index in [1.54, 1.807) is 18.2 Å². The van der Waals surface area contributed by atoms with Gasteiger partial charge < -0.3 is 21.4 Å². The third-order valence-corrected chi connectivity index (χ3v) is 4.15. The van der Waals surface area contributed by atoms with Crippen LogP contribution in [-0.2, 0) is 13.0 Å². The van der Waals surface area contributed by atoms with E-state index in [4.69, 9.17) is 17.3 Å². The average Bonchev–Trinajstić information content (AvgIpc) is 3.16. The number of benzene rings is 1. The van der Waals surface area contributed by atoms with Gasteiger partial charge in [-0.05, 0) is 25.1 Å². The zero-order valence-corrected chi connectivity index (χ0v) is 15.2. The van der Waals surface area contributed by atoms with Gasteiger partial charge in [-0.15, -0.1) is 0 Å². The summed E-state index contributed by atoms with van der Waals surface area (Å²) in [6, 6.07) is 7.11. The predicted octanol–water partition coefficient (Wildman–Crippen LogP) is 3.11. The van der Waals surface area contributed by atoms with Crippen LogP contribution in [-0.4, -0.2) is 26.1 Å². The second kappa shape index (κ2) is 7.49. The summed E-state index contributed by atoms with van der Waals surface area (Å²) in [5.74, 6) is 1.09. The number of primary amides is 1. The number of nitrogens with one attached hydrogen (secondary N) is 4. The van der Waals surface area contributed by atoms with Gasteiger partial charge in [0.05, 0.1) is 17.9 Å². The Balaban J connectivity index is 1.80. The van der Waals surface area contributed by atoms with Gasteiger partial charge >= 0.3 is 0 Å². The number of H-pyrrole nitrogens is 2. The van der Waals surface area contributed by atoms with E-state index in [2.05, 4.69) is 30.8 Å². The number of hydrogen-bond donors (Lipinski definition) is 5. The molecule has 0 aliphatic carbocycles. The highest BCUT2D eigenvalue weighted by Gasteiger charge is 2.19.